The molecule has 298 valence electrons. The number of aliphatic carboxylic acids is 1. The Balaban J connectivity index is 6.32. The van der Waals surface area contributed by atoms with E-state index in [2.05, 4.69) is 26.6 Å². The molecule has 18 nitrogen and oxygen atoms in total. The van der Waals surface area contributed by atoms with E-state index in [4.69, 9.17) is 22.9 Å². The van der Waals surface area contributed by atoms with Gasteiger partial charge in [-0.15, -0.1) is 0 Å². The number of carboxylic acids is 1. The molecular weight excluding hydrogens is 678 g/mol. The van der Waals surface area contributed by atoms with E-state index in [-0.39, 0.29) is 31.6 Å². The van der Waals surface area contributed by atoms with Gasteiger partial charge in [-0.2, -0.15) is 0 Å². The minimum atomic E-state index is -1.39. The Morgan fingerprint density at radius 1 is 0.558 bits per heavy atom. The number of carboxylic acid groups (broad SMARTS) is 1. The van der Waals surface area contributed by atoms with Gasteiger partial charge in [0.2, 0.25) is 41.4 Å². The van der Waals surface area contributed by atoms with Crippen LogP contribution in [0.15, 0.2) is 0 Å². The number of carbonyl (C=O) groups is 8. The maximum Gasteiger partial charge on any atom is 0.303 e. The topological polar surface area (TPSA) is 321 Å². The first-order chi connectivity index (χ1) is 24.3. The Morgan fingerprint density at radius 3 is 1.37 bits per heavy atom. The van der Waals surface area contributed by atoms with E-state index in [1.165, 1.54) is 0 Å². The number of nitrogens with two attached hydrogens (primary N) is 4. The van der Waals surface area contributed by atoms with Crippen molar-refractivity contribution in [2.24, 2.45) is 40.7 Å². The Kier molecular flexibility index (Phi) is 22.7. The number of amides is 7. The molecule has 0 saturated heterocycles. The van der Waals surface area contributed by atoms with Crippen LogP contribution in [0.5, 0.6) is 0 Å². The lowest BCUT2D eigenvalue weighted by atomic mass is 9.95. The van der Waals surface area contributed by atoms with Gasteiger partial charge in [-0.05, 0) is 56.4 Å². The minimum absolute atomic E-state index is 0.234. The molecule has 7 amide bonds. The third-order valence-electron chi connectivity index (χ3n) is 9.35. The van der Waals surface area contributed by atoms with Crippen molar-refractivity contribution in [3.8, 4) is 0 Å². The summed E-state index contributed by atoms with van der Waals surface area (Å²) in [5.74, 6) is -7.74. The van der Waals surface area contributed by atoms with E-state index < -0.39 is 102 Å². The molecule has 0 spiro atoms. The van der Waals surface area contributed by atoms with Crippen molar-refractivity contribution in [3.05, 3.63) is 0 Å². The maximum absolute atomic E-state index is 13.8. The molecule has 0 bridgehead atoms. The second-order valence-corrected chi connectivity index (χ2v) is 13.5. The van der Waals surface area contributed by atoms with Gasteiger partial charge in [0, 0.05) is 12.8 Å². The number of nitrogens with one attached hydrogen (secondary N) is 5. The average molecular weight is 742 g/mol. The van der Waals surface area contributed by atoms with Crippen LogP contribution in [-0.4, -0.2) is 95.2 Å². The van der Waals surface area contributed by atoms with Gasteiger partial charge >= 0.3 is 5.97 Å². The van der Waals surface area contributed by atoms with Crippen molar-refractivity contribution in [2.45, 2.75) is 142 Å². The Labute approximate surface area is 306 Å². The van der Waals surface area contributed by atoms with Crippen LogP contribution < -0.4 is 49.5 Å². The van der Waals surface area contributed by atoms with Crippen LogP contribution >= 0.6 is 0 Å². The third kappa shape index (κ3) is 17.3. The second kappa shape index (κ2) is 24.8. The summed E-state index contributed by atoms with van der Waals surface area (Å²) in [4.78, 5) is 102. The van der Waals surface area contributed by atoms with Gasteiger partial charge in [0.1, 0.15) is 30.2 Å². The van der Waals surface area contributed by atoms with Gasteiger partial charge in [0.25, 0.3) is 0 Å². The summed E-state index contributed by atoms with van der Waals surface area (Å²) in [6.45, 7) is 10.9. The lowest BCUT2D eigenvalue weighted by Gasteiger charge is -2.30. The van der Waals surface area contributed by atoms with E-state index in [0.717, 1.165) is 0 Å². The largest absolute Gasteiger partial charge is 0.481 e. The van der Waals surface area contributed by atoms with Crippen LogP contribution in [-0.2, 0) is 38.4 Å². The van der Waals surface area contributed by atoms with Gasteiger partial charge in [-0.25, -0.2) is 0 Å². The molecule has 18 heteroatoms. The van der Waals surface area contributed by atoms with Crippen molar-refractivity contribution >= 4 is 47.3 Å². The molecule has 0 unspecified atom stereocenters. The number of hydrogen-bond acceptors (Lipinski definition) is 10. The third-order valence-corrected chi connectivity index (χ3v) is 9.35. The maximum atomic E-state index is 13.8. The Bertz CT molecular complexity index is 1220. The molecule has 0 aliphatic heterocycles. The van der Waals surface area contributed by atoms with Gasteiger partial charge < -0.3 is 54.6 Å². The molecule has 0 aromatic carbocycles. The molecule has 0 aliphatic rings. The summed E-state index contributed by atoms with van der Waals surface area (Å²) in [5, 5.41) is 22.1. The molecule has 0 saturated carbocycles. The fourth-order valence-electron chi connectivity index (χ4n) is 5.09. The van der Waals surface area contributed by atoms with Gasteiger partial charge in [-0.3, -0.25) is 38.4 Å². The molecular formula is C34H63N9O9. The molecule has 0 aromatic rings. The first-order valence-electron chi connectivity index (χ1n) is 18.1. The van der Waals surface area contributed by atoms with Crippen LogP contribution in [0.1, 0.15) is 106 Å². The molecule has 0 fully saturated rings. The molecule has 0 radical (unpaired) electrons. The highest BCUT2D eigenvalue weighted by Gasteiger charge is 2.36. The first-order valence-corrected chi connectivity index (χ1v) is 18.1. The van der Waals surface area contributed by atoms with Crippen LogP contribution in [0, 0.1) is 17.8 Å². The summed E-state index contributed by atoms with van der Waals surface area (Å²) in [6.07, 6.45) is 1.44. The zero-order valence-corrected chi connectivity index (χ0v) is 31.5. The first kappa shape index (κ1) is 47.7. The van der Waals surface area contributed by atoms with Crippen molar-refractivity contribution in [1.82, 2.24) is 26.6 Å². The van der Waals surface area contributed by atoms with E-state index in [9.17, 15) is 43.5 Å². The summed E-state index contributed by atoms with van der Waals surface area (Å²) in [5.41, 5.74) is 22.4. The summed E-state index contributed by atoms with van der Waals surface area (Å²) in [7, 11) is 0. The molecule has 14 N–H and O–H groups in total. The SMILES string of the molecule is CC[C@H](C)[C@H](N)C(=O)N[C@@H](CCC(=O)O)C(=O)N[C@H](C(=O)N[C@@H](CCC(N)=O)C(=O)N[C@H](C(=O)N[C@@H](CCCCN)C(N)=O)[C@@H](C)CC)[C@@H](C)CC. The van der Waals surface area contributed by atoms with Crippen LogP contribution in [0.25, 0.3) is 0 Å². The second-order valence-electron chi connectivity index (χ2n) is 13.5. The molecule has 0 aliphatic carbocycles. The van der Waals surface area contributed by atoms with Crippen molar-refractivity contribution in [1.29, 1.82) is 0 Å². The Morgan fingerprint density at radius 2 is 0.981 bits per heavy atom. The summed E-state index contributed by atoms with van der Waals surface area (Å²) >= 11 is 0. The molecule has 52 heavy (non-hydrogen) atoms. The lowest BCUT2D eigenvalue weighted by molar-refractivity contribution is -0.139. The summed E-state index contributed by atoms with van der Waals surface area (Å²) in [6, 6.07) is -7.15. The number of hydrogen-bond donors (Lipinski definition) is 10. The van der Waals surface area contributed by atoms with E-state index >= 15 is 0 Å². The molecule has 9 atom stereocenters. The number of rotatable bonds is 27. The average Bonchev–Trinajstić information content (AvgIpc) is 3.10. The monoisotopic (exact) mass is 741 g/mol. The van der Waals surface area contributed by atoms with E-state index in [1.54, 1.807) is 34.6 Å². The quantitative estimate of drug-likeness (QED) is 0.0438. The van der Waals surface area contributed by atoms with Crippen molar-refractivity contribution in [2.75, 3.05) is 6.54 Å². The molecule has 0 aromatic heterocycles. The zero-order valence-electron chi connectivity index (χ0n) is 31.5. The fraction of sp³-hybridized carbons (Fsp3) is 0.765. The smallest absolute Gasteiger partial charge is 0.303 e. The van der Waals surface area contributed by atoms with Crippen LogP contribution in [0.4, 0.5) is 0 Å². The van der Waals surface area contributed by atoms with Crippen molar-refractivity contribution < 1.29 is 43.5 Å². The molecule has 0 heterocycles. The van der Waals surface area contributed by atoms with Crippen LogP contribution in [0.2, 0.25) is 0 Å². The summed E-state index contributed by atoms with van der Waals surface area (Å²) < 4.78 is 0. The highest BCUT2D eigenvalue weighted by molar-refractivity contribution is 5.97. The number of primary amides is 2. The predicted molar refractivity (Wildman–Crippen MR) is 193 cm³/mol. The standard InChI is InChI=1S/C34H63N9O9/c1-7-18(4)26(37)32(50)40-23(14-16-25(45)46)31(49)43-28(20(6)9-3)34(52)41-22(13-15-24(36)44)30(48)42-27(19(5)8-2)33(51)39-21(29(38)47)12-10-11-17-35/h18-23,26-28H,7-17,35,37H2,1-6H3,(H2,36,44)(H2,38,47)(H,39,51)(H,40,50)(H,41,52)(H,42,48)(H,43,49)(H,45,46)/t18-,19-,20-,21-,22-,23-,26-,27-,28-/m0/s1. The van der Waals surface area contributed by atoms with Crippen molar-refractivity contribution in [3.63, 3.8) is 0 Å². The van der Waals surface area contributed by atoms with Gasteiger partial charge in [-0.1, -0.05) is 60.8 Å². The van der Waals surface area contributed by atoms with Gasteiger partial charge in [0.15, 0.2) is 0 Å². The fourth-order valence-corrected chi connectivity index (χ4v) is 5.09. The van der Waals surface area contributed by atoms with Crippen LogP contribution in [0.3, 0.4) is 0 Å². The highest BCUT2D eigenvalue weighted by Crippen LogP contribution is 2.14. The minimum Gasteiger partial charge on any atom is -0.481 e. The zero-order chi connectivity index (χ0) is 40.1. The lowest BCUT2D eigenvalue weighted by Crippen LogP contribution is -2.61. The Hall–Kier alpha value is -4.32. The number of carbonyl (C=O) groups excluding carboxylic acids is 7. The number of unbranched alkanes of at least 4 members (excludes halogenated alkanes) is 1. The van der Waals surface area contributed by atoms with Gasteiger partial charge in [0.05, 0.1) is 6.04 Å². The van der Waals surface area contributed by atoms with E-state index in [1.807, 2.05) is 6.92 Å². The highest BCUT2D eigenvalue weighted by atomic mass is 16.4. The van der Waals surface area contributed by atoms with E-state index in [0.29, 0.717) is 38.6 Å². The molecule has 0 rings (SSSR count). The predicted octanol–water partition coefficient (Wildman–Crippen LogP) is -1.38. The normalized spacial score (nSPS) is 16.3.